The minimum atomic E-state index is -0.0164. The Labute approximate surface area is 129 Å². The van der Waals surface area contributed by atoms with Crippen LogP contribution in [0.1, 0.15) is 44.9 Å². The molecule has 2 aromatic rings. The fourth-order valence-electron chi connectivity index (χ4n) is 2.73. The Bertz CT molecular complexity index is 652. The van der Waals surface area contributed by atoms with Crippen molar-refractivity contribution in [1.29, 1.82) is 0 Å². The summed E-state index contributed by atoms with van der Waals surface area (Å²) in [4.78, 5) is 14.6. The van der Waals surface area contributed by atoms with E-state index >= 15 is 0 Å². The topological polar surface area (TPSA) is 55.1 Å². The van der Waals surface area contributed by atoms with E-state index in [9.17, 15) is 4.79 Å². The van der Waals surface area contributed by atoms with Gasteiger partial charge in [0, 0.05) is 16.3 Å². The second-order valence-corrected chi connectivity index (χ2v) is 6.78. The summed E-state index contributed by atoms with van der Waals surface area (Å²) in [5, 5.41) is 2.97. The van der Waals surface area contributed by atoms with Crippen LogP contribution in [-0.4, -0.2) is 5.91 Å². The zero-order valence-electron chi connectivity index (χ0n) is 12.2. The van der Waals surface area contributed by atoms with Crippen molar-refractivity contribution in [3.8, 4) is 0 Å². The number of aryl methyl sites for hydroxylation is 3. The number of benzene rings is 1. The summed E-state index contributed by atoms with van der Waals surface area (Å²) >= 11 is 1.65. The van der Waals surface area contributed by atoms with Gasteiger partial charge in [0.25, 0.3) is 5.91 Å². The van der Waals surface area contributed by atoms with Crippen molar-refractivity contribution in [2.75, 3.05) is 11.1 Å². The third kappa shape index (κ3) is 3.10. The molecule has 1 aromatic carbocycles. The summed E-state index contributed by atoms with van der Waals surface area (Å²) in [5.74, 6) is -0.0164. The minimum absolute atomic E-state index is 0.0164. The first-order valence-corrected chi connectivity index (χ1v) is 8.24. The van der Waals surface area contributed by atoms with Gasteiger partial charge in [-0.25, -0.2) is 0 Å². The van der Waals surface area contributed by atoms with Gasteiger partial charge in [0.05, 0.1) is 4.88 Å². The van der Waals surface area contributed by atoms with E-state index in [0.717, 1.165) is 34.7 Å². The van der Waals surface area contributed by atoms with Crippen LogP contribution in [0.4, 0.5) is 11.4 Å². The Kier molecular flexibility index (Phi) is 3.97. The zero-order chi connectivity index (χ0) is 14.8. The highest BCUT2D eigenvalue weighted by molar-refractivity contribution is 7.14. The molecule has 0 atom stereocenters. The van der Waals surface area contributed by atoms with Crippen LogP contribution in [0.2, 0.25) is 0 Å². The summed E-state index contributed by atoms with van der Waals surface area (Å²) in [6.45, 7) is 1.94. The molecule has 0 bridgehead atoms. The van der Waals surface area contributed by atoms with Gasteiger partial charge in [-0.05, 0) is 68.0 Å². The van der Waals surface area contributed by atoms with Crippen molar-refractivity contribution < 1.29 is 4.79 Å². The van der Waals surface area contributed by atoms with Crippen molar-refractivity contribution in [2.45, 2.75) is 39.0 Å². The van der Waals surface area contributed by atoms with Crippen molar-refractivity contribution in [3.63, 3.8) is 0 Å². The SMILES string of the molecule is Cc1cc(NC(=O)c2cc3c(s2)CCCCC3)ccc1N. The van der Waals surface area contributed by atoms with Crippen LogP contribution in [0, 0.1) is 6.92 Å². The van der Waals surface area contributed by atoms with Gasteiger partial charge in [-0.2, -0.15) is 0 Å². The number of rotatable bonds is 2. The highest BCUT2D eigenvalue weighted by atomic mass is 32.1. The first kappa shape index (κ1) is 14.1. The summed E-state index contributed by atoms with van der Waals surface area (Å²) < 4.78 is 0. The molecule has 1 aliphatic carbocycles. The molecule has 0 saturated carbocycles. The van der Waals surface area contributed by atoms with Crippen molar-refractivity contribution in [3.05, 3.63) is 45.1 Å². The molecule has 1 aliphatic rings. The van der Waals surface area contributed by atoms with E-state index in [0.29, 0.717) is 0 Å². The normalized spacial score (nSPS) is 14.3. The van der Waals surface area contributed by atoms with Crippen molar-refractivity contribution >= 4 is 28.6 Å². The summed E-state index contributed by atoms with van der Waals surface area (Å²) in [5.41, 5.74) is 9.70. The largest absolute Gasteiger partial charge is 0.399 e. The van der Waals surface area contributed by atoms with Gasteiger partial charge in [-0.15, -0.1) is 11.3 Å². The fraction of sp³-hybridized carbons (Fsp3) is 0.353. The lowest BCUT2D eigenvalue weighted by atomic mass is 10.1. The van der Waals surface area contributed by atoms with Crippen LogP contribution >= 0.6 is 11.3 Å². The Balaban J connectivity index is 1.77. The van der Waals surface area contributed by atoms with Crippen LogP contribution in [0.15, 0.2) is 24.3 Å². The smallest absolute Gasteiger partial charge is 0.265 e. The number of hydrogen-bond donors (Lipinski definition) is 2. The minimum Gasteiger partial charge on any atom is -0.399 e. The number of carbonyl (C=O) groups is 1. The van der Waals surface area contributed by atoms with E-state index in [-0.39, 0.29) is 5.91 Å². The van der Waals surface area contributed by atoms with Crippen LogP contribution < -0.4 is 11.1 Å². The average molecular weight is 300 g/mol. The molecule has 3 nitrogen and oxygen atoms in total. The number of thiophene rings is 1. The molecule has 110 valence electrons. The van der Waals surface area contributed by atoms with Gasteiger partial charge in [-0.1, -0.05) is 6.42 Å². The Morgan fingerprint density at radius 1 is 1.19 bits per heavy atom. The van der Waals surface area contributed by atoms with Gasteiger partial charge < -0.3 is 11.1 Å². The van der Waals surface area contributed by atoms with E-state index < -0.39 is 0 Å². The molecular weight excluding hydrogens is 280 g/mol. The maximum absolute atomic E-state index is 12.4. The quantitative estimate of drug-likeness (QED) is 0.646. The maximum atomic E-state index is 12.4. The third-order valence-electron chi connectivity index (χ3n) is 4.00. The monoisotopic (exact) mass is 300 g/mol. The van der Waals surface area contributed by atoms with E-state index in [2.05, 4.69) is 11.4 Å². The molecular formula is C17H20N2OS. The lowest BCUT2D eigenvalue weighted by Crippen LogP contribution is -2.10. The van der Waals surface area contributed by atoms with Crippen molar-refractivity contribution in [1.82, 2.24) is 0 Å². The summed E-state index contributed by atoms with van der Waals surface area (Å²) in [6.07, 6.45) is 6.01. The first-order chi connectivity index (χ1) is 10.1. The molecule has 1 aromatic heterocycles. The molecule has 0 spiro atoms. The molecule has 0 unspecified atom stereocenters. The van der Waals surface area contributed by atoms with Gasteiger partial charge >= 0.3 is 0 Å². The number of nitrogens with two attached hydrogens (primary N) is 1. The molecule has 0 fully saturated rings. The number of nitrogens with one attached hydrogen (secondary N) is 1. The Morgan fingerprint density at radius 2 is 2.00 bits per heavy atom. The molecule has 21 heavy (non-hydrogen) atoms. The van der Waals surface area contributed by atoms with Gasteiger partial charge in [0.1, 0.15) is 0 Å². The Hall–Kier alpha value is -1.81. The maximum Gasteiger partial charge on any atom is 0.265 e. The number of nitrogen functional groups attached to an aromatic ring is 1. The number of hydrogen-bond acceptors (Lipinski definition) is 3. The van der Waals surface area contributed by atoms with Crippen molar-refractivity contribution in [2.24, 2.45) is 0 Å². The molecule has 0 saturated heterocycles. The molecule has 0 radical (unpaired) electrons. The molecule has 3 N–H and O–H groups in total. The predicted octanol–water partition coefficient (Wildman–Crippen LogP) is 4.16. The number of carbonyl (C=O) groups excluding carboxylic acids is 1. The highest BCUT2D eigenvalue weighted by Gasteiger charge is 2.16. The summed E-state index contributed by atoms with van der Waals surface area (Å²) in [6, 6.07) is 7.66. The number of fused-ring (bicyclic) bond motifs is 1. The van der Waals surface area contributed by atoms with E-state index in [1.165, 1.54) is 29.7 Å². The third-order valence-corrected chi connectivity index (χ3v) is 5.23. The number of anilines is 2. The second-order valence-electron chi connectivity index (χ2n) is 5.65. The van der Waals surface area contributed by atoms with E-state index in [1.54, 1.807) is 11.3 Å². The zero-order valence-corrected chi connectivity index (χ0v) is 13.1. The molecule has 1 amide bonds. The predicted molar refractivity (Wildman–Crippen MR) is 89.1 cm³/mol. The number of amides is 1. The lowest BCUT2D eigenvalue weighted by Gasteiger charge is -2.06. The molecule has 3 rings (SSSR count). The highest BCUT2D eigenvalue weighted by Crippen LogP contribution is 2.29. The first-order valence-electron chi connectivity index (χ1n) is 7.42. The lowest BCUT2D eigenvalue weighted by molar-refractivity contribution is 0.103. The van der Waals surface area contributed by atoms with E-state index in [1.807, 2.05) is 25.1 Å². The van der Waals surface area contributed by atoms with Gasteiger partial charge in [0.2, 0.25) is 0 Å². The molecule has 1 heterocycles. The molecule has 4 heteroatoms. The van der Waals surface area contributed by atoms with Crippen LogP contribution in [0.3, 0.4) is 0 Å². The van der Waals surface area contributed by atoms with Gasteiger partial charge in [0.15, 0.2) is 0 Å². The standard InChI is InChI=1S/C17H20N2OS/c1-11-9-13(7-8-14(11)18)19-17(20)16-10-12-5-3-2-4-6-15(12)21-16/h7-10H,2-6,18H2,1H3,(H,19,20). The van der Waals surface area contributed by atoms with Crippen LogP contribution in [0.5, 0.6) is 0 Å². The summed E-state index contributed by atoms with van der Waals surface area (Å²) in [7, 11) is 0. The average Bonchev–Trinajstić information content (AvgIpc) is 2.74. The Morgan fingerprint density at radius 3 is 2.81 bits per heavy atom. The molecule has 0 aliphatic heterocycles. The fourth-order valence-corrected chi connectivity index (χ4v) is 3.87. The van der Waals surface area contributed by atoms with E-state index in [4.69, 9.17) is 5.73 Å². The van der Waals surface area contributed by atoms with Crippen LogP contribution in [0.25, 0.3) is 0 Å². The van der Waals surface area contributed by atoms with Gasteiger partial charge in [-0.3, -0.25) is 4.79 Å². The second kappa shape index (κ2) is 5.90. The van der Waals surface area contributed by atoms with Crippen LogP contribution in [-0.2, 0) is 12.8 Å².